The normalized spacial score (nSPS) is 7.08. The summed E-state index contributed by atoms with van der Waals surface area (Å²) in [6.45, 7) is 4.00. The van der Waals surface area contributed by atoms with Gasteiger partial charge >= 0.3 is 0 Å². The molecular formula is C5H10N6O2. The number of nitrogens with zero attached hydrogens (tertiary/aromatic N) is 3. The standard InChI is InChI=1S/C3H6N6.2CH2O/c4-1-7-2(5)9-3(6)8-1;2*1-2/h(H6,4,5,6,7,8,9);2*1H2. The quantitative estimate of drug-likeness (QED) is 0.431. The van der Waals surface area contributed by atoms with Crippen molar-refractivity contribution in [1.82, 2.24) is 15.0 Å². The van der Waals surface area contributed by atoms with Crippen molar-refractivity contribution in [2.75, 3.05) is 17.2 Å². The maximum atomic E-state index is 8.00. The van der Waals surface area contributed by atoms with Crippen molar-refractivity contribution >= 4 is 31.4 Å². The molecule has 0 saturated heterocycles. The topological polar surface area (TPSA) is 151 Å². The largest absolute Gasteiger partial charge is 0.368 e. The Morgan fingerprint density at radius 3 is 1.00 bits per heavy atom. The van der Waals surface area contributed by atoms with Gasteiger partial charge in [-0.25, -0.2) is 0 Å². The highest BCUT2D eigenvalue weighted by molar-refractivity contribution is 5.33. The van der Waals surface area contributed by atoms with E-state index in [-0.39, 0.29) is 17.8 Å². The van der Waals surface area contributed by atoms with Crippen molar-refractivity contribution in [1.29, 1.82) is 0 Å². The number of nitrogens with two attached hydrogens (primary N) is 3. The van der Waals surface area contributed by atoms with Gasteiger partial charge in [0.15, 0.2) is 0 Å². The molecule has 0 radical (unpaired) electrons. The lowest BCUT2D eigenvalue weighted by Gasteiger charge is -1.93. The number of carbonyl (C=O) groups is 2. The first kappa shape index (κ1) is 13.3. The van der Waals surface area contributed by atoms with Crippen LogP contribution in [0.2, 0.25) is 0 Å². The van der Waals surface area contributed by atoms with E-state index in [9.17, 15) is 0 Å². The Morgan fingerprint density at radius 1 is 0.692 bits per heavy atom. The van der Waals surface area contributed by atoms with Crippen molar-refractivity contribution in [2.45, 2.75) is 0 Å². The van der Waals surface area contributed by atoms with E-state index < -0.39 is 0 Å². The second kappa shape index (κ2) is 7.85. The van der Waals surface area contributed by atoms with Gasteiger partial charge in [-0.05, 0) is 0 Å². The number of anilines is 3. The number of hydrogen-bond acceptors (Lipinski definition) is 8. The van der Waals surface area contributed by atoms with Crippen LogP contribution in [0.3, 0.4) is 0 Å². The fourth-order valence-corrected chi connectivity index (χ4v) is 0.427. The molecular weight excluding hydrogens is 176 g/mol. The maximum absolute atomic E-state index is 8.00. The van der Waals surface area contributed by atoms with Crippen molar-refractivity contribution in [3.8, 4) is 0 Å². The van der Waals surface area contributed by atoms with E-state index in [0.29, 0.717) is 0 Å². The average molecular weight is 186 g/mol. The van der Waals surface area contributed by atoms with Gasteiger partial charge in [0.1, 0.15) is 13.6 Å². The highest BCUT2D eigenvalue weighted by atomic mass is 16.1. The summed E-state index contributed by atoms with van der Waals surface area (Å²) in [7, 11) is 0. The highest BCUT2D eigenvalue weighted by Crippen LogP contribution is 1.97. The molecule has 72 valence electrons. The number of rotatable bonds is 0. The van der Waals surface area contributed by atoms with Crippen LogP contribution in [0.25, 0.3) is 0 Å². The highest BCUT2D eigenvalue weighted by Gasteiger charge is 1.93. The minimum atomic E-state index is 0.0417. The first-order valence-corrected chi connectivity index (χ1v) is 2.79. The predicted octanol–water partition coefficient (Wildman–Crippen LogP) is -1.75. The Balaban J connectivity index is 0. The van der Waals surface area contributed by atoms with Gasteiger partial charge in [-0.3, -0.25) is 0 Å². The van der Waals surface area contributed by atoms with E-state index in [1.54, 1.807) is 0 Å². The van der Waals surface area contributed by atoms with E-state index in [2.05, 4.69) is 15.0 Å². The van der Waals surface area contributed by atoms with Gasteiger partial charge in [-0.1, -0.05) is 0 Å². The third kappa shape index (κ3) is 6.16. The second-order valence-corrected chi connectivity index (χ2v) is 1.41. The van der Waals surface area contributed by atoms with Crippen LogP contribution in [0.4, 0.5) is 17.8 Å². The van der Waals surface area contributed by atoms with Gasteiger partial charge in [0.2, 0.25) is 17.8 Å². The van der Waals surface area contributed by atoms with Gasteiger partial charge in [0.05, 0.1) is 0 Å². The molecule has 6 N–H and O–H groups in total. The molecule has 0 aliphatic heterocycles. The lowest BCUT2D eigenvalue weighted by Crippen LogP contribution is -2.05. The van der Waals surface area contributed by atoms with E-state index in [0.717, 1.165) is 0 Å². The summed E-state index contributed by atoms with van der Waals surface area (Å²) in [5.41, 5.74) is 15.4. The van der Waals surface area contributed by atoms with E-state index in [1.807, 2.05) is 13.6 Å². The summed E-state index contributed by atoms with van der Waals surface area (Å²) in [4.78, 5) is 26.5. The maximum Gasteiger partial charge on any atom is 0.226 e. The lowest BCUT2D eigenvalue weighted by molar-refractivity contribution is -0.0987. The van der Waals surface area contributed by atoms with Gasteiger partial charge in [-0.2, -0.15) is 15.0 Å². The molecule has 1 aromatic rings. The Labute approximate surface area is 74.2 Å². The summed E-state index contributed by atoms with van der Waals surface area (Å²) < 4.78 is 0. The third-order valence-corrected chi connectivity index (χ3v) is 0.687. The molecule has 0 fully saturated rings. The van der Waals surface area contributed by atoms with Crippen LogP contribution in [0.15, 0.2) is 0 Å². The van der Waals surface area contributed by atoms with Crippen molar-refractivity contribution < 1.29 is 9.59 Å². The van der Waals surface area contributed by atoms with Crippen LogP contribution in [0.1, 0.15) is 0 Å². The first-order chi connectivity index (χ1) is 6.18. The van der Waals surface area contributed by atoms with Crippen molar-refractivity contribution in [3.63, 3.8) is 0 Å². The molecule has 0 unspecified atom stereocenters. The van der Waals surface area contributed by atoms with Crippen molar-refractivity contribution in [2.24, 2.45) is 0 Å². The zero-order valence-electron chi connectivity index (χ0n) is 6.80. The predicted molar refractivity (Wildman–Crippen MR) is 47.3 cm³/mol. The molecule has 8 nitrogen and oxygen atoms in total. The number of nitrogen functional groups attached to an aromatic ring is 3. The zero-order chi connectivity index (χ0) is 10.9. The summed E-state index contributed by atoms with van der Waals surface area (Å²) in [6.07, 6.45) is 0. The molecule has 1 rings (SSSR count). The SMILES string of the molecule is C=O.C=O.Nc1nc(N)nc(N)n1. The van der Waals surface area contributed by atoms with Gasteiger partial charge in [-0.15, -0.1) is 0 Å². The summed E-state index contributed by atoms with van der Waals surface area (Å²) in [5, 5.41) is 0. The minimum Gasteiger partial charge on any atom is -0.368 e. The molecule has 0 atom stereocenters. The first-order valence-electron chi connectivity index (χ1n) is 2.79. The molecule has 0 aliphatic carbocycles. The lowest BCUT2D eigenvalue weighted by atomic mass is 10.9. The third-order valence-electron chi connectivity index (χ3n) is 0.687. The molecule has 1 heterocycles. The fraction of sp³-hybridized carbons (Fsp3) is 0. The molecule has 1 aromatic heterocycles. The van der Waals surface area contributed by atoms with Crippen LogP contribution in [-0.4, -0.2) is 28.5 Å². The van der Waals surface area contributed by atoms with Crippen LogP contribution >= 0.6 is 0 Å². The summed E-state index contributed by atoms with van der Waals surface area (Å²) in [5.74, 6) is 0.125. The molecule has 13 heavy (non-hydrogen) atoms. The Hall–Kier alpha value is -2.25. The van der Waals surface area contributed by atoms with E-state index in [1.165, 1.54) is 0 Å². The Morgan fingerprint density at radius 2 is 0.846 bits per heavy atom. The molecule has 0 aliphatic rings. The Kier molecular flexibility index (Phi) is 8.06. The smallest absolute Gasteiger partial charge is 0.226 e. The fourth-order valence-electron chi connectivity index (χ4n) is 0.427. The zero-order valence-corrected chi connectivity index (χ0v) is 6.80. The van der Waals surface area contributed by atoms with Gasteiger partial charge in [0, 0.05) is 0 Å². The van der Waals surface area contributed by atoms with Crippen LogP contribution < -0.4 is 17.2 Å². The average Bonchev–Trinajstić information content (AvgIpc) is 2.09. The summed E-state index contributed by atoms with van der Waals surface area (Å²) in [6, 6.07) is 0. The number of hydrogen-bond donors (Lipinski definition) is 3. The molecule has 0 aromatic carbocycles. The van der Waals surface area contributed by atoms with E-state index >= 15 is 0 Å². The van der Waals surface area contributed by atoms with Crippen LogP contribution in [0, 0.1) is 0 Å². The minimum absolute atomic E-state index is 0.0417. The number of carbonyl (C=O) groups excluding carboxylic acids is 2. The van der Waals surface area contributed by atoms with E-state index in [4.69, 9.17) is 26.8 Å². The van der Waals surface area contributed by atoms with Gasteiger partial charge < -0.3 is 26.8 Å². The van der Waals surface area contributed by atoms with Crippen molar-refractivity contribution in [3.05, 3.63) is 0 Å². The second-order valence-electron chi connectivity index (χ2n) is 1.41. The molecule has 0 spiro atoms. The molecule has 0 saturated carbocycles. The monoisotopic (exact) mass is 186 g/mol. The van der Waals surface area contributed by atoms with Crippen LogP contribution in [0.5, 0.6) is 0 Å². The van der Waals surface area contributed by atoms with Crippen LogP contribution in [-0.2, 0) is 9.59 Å². The molecule has 0 bridgehead atoms. The molecule has 8 heteroatoms. The summed E-state index contributed by atoms with van der Waals surface area (Å²) >= 11 is 0. The van der Waals surface area contributed by atoms with Gasteiger partial charge in [0.25, 0.3) is 0 Å². The Bertz CT molecular complexity index is 202. The number of aromatic nitrogens is 3. The molecule has 0 amide bonds.